The number of carbonyl (C=O) groups is 1. The molecule has 0 radical (unpaired) electrons. The molecule has 0 aromatic heterocycles. The van der Waals surface area contributed by atoms with Crippen LogP contribution < -0.4 is 10.6 Å². The number of hydrogen-bond acceptors (Lipinski definition) is 3. The van der Waals surface area contributed by atoms with Gasteiger partial charge in [-0.15, -0.1) is 24.8 Å². The number of rotatable bonds is 3. The maximum Gasteiger partial charge on any atom is 0.237 e. The van der Waals surface area contributed by atoms with Crippen LogP contribution in [0.2, 0.25) is 0 Å². The van der Waals surface area contributed by atoms with Crippen molar-refractivity contribution >= 4 is 30.7 Å². The molecule has 0 aromatic carbocycles. The van der Waals surface area contributed by atoms with Gasteiger partial charge in [-0.3, -0.25) is 9.69 Å². The molecule has 6 heteroatoms. The summed E-state index contributed by atoms with van der Waals surface area (Å²) in [6, 6.07) is 1.30. The zero-order chi connectivity index (χ0) is 11.7. The number of piperidine rings is 1. The Kier molecular flexibility index (Phi) is 6.87. The Morgan fingerprint density at radius 3 is 2.53 bits per heavy atom. The molecule has 2 saturated heterocycles. The summed E-state index contributed by atoms with van der Waals surface area (Å²) in [6.07, 6.45) is 7.27. The fourth-order valence-electron chi connectivity index (χ4n) is 3.05. The average Bonchev–Trinajstić information content (AvgIpc) is 3.12. The van der Waals surface area contributed by atoms with E-state index in [4.69, 9.17) is 0 Å². The number of likely N-dealkylation sites (tertiary alicyclic amines) is 1. The van der Waals surface area contributed by atoms with Gasteiger partial charge in [0.2, 0.25) is 5.91 Å². The first-order chi connectivity index (χ1) is 8.33. The third kappa shape index (κ3) is 4.48. The highest BCUT2D eigenvalue weighted by Crippen LogP contribution is 2.29. The lowest BCUT2D eigenvalue weighted by Crippen LogP contribution is -2.50. The van der Waals surface area contributed by atoms with Gasteiger partial charge in [-0.25, -0.2) is 0 Å². The second-order valence-electron chi connectivity index (χ2n) is 5.72. The SMILES string of the molecule is Cl.Cl.O=C(NC1CCN(C2CC2)C1)[C@@H]1CCCCN1. The van der Waals surface area contributed by atoms with E-state index in [9.17, 15) is 4.79 Å². The quantitative estimate of drug-likeness (QED) is 0.826. The second-order valence-corrected chi connectivity index (χ2v) is 5.72. The molecular weight excluding hydrogens is 285 g/mol. The third-order valence-electron chi connectivity index (χ3n) is 4.26. The predicted molar refractivity (Wildman–Crippen MR) is 81.3 cm³/mol. The minimum Gasteiger partial charge on any atom is -0.351 e. The summed E-state index contributed by atoms with van der Waals surface area (Å²) in [4.78, 5) is 14.6. The first-order valence-electron chi connectivity index (χ1n) is 7.11. The highest BCUT2D eigenvalue weighted by atomic mass is 35.5. The van der Waals surface area contributed by atoms with Crippen LogP contribution in [0.25, 0.3) is 0 Å². The molecule has 3 rings (SSSR count). The smallest absolute Gasteiger partial charge is 0.237 e. The van der Waals surface area contributed by atoms with Gasteiger partial charge in [-0.2, -0.15) is 0 Å². The lowest BCUT2D eigenvalue weighted by molar-refractivity contribution is -0.124. The zero-order valence-electron chi connectivity index (χ0n) is 11.3. The van der Waals surface area contributed by atoms with Gasteiger partial charge in [0.05, 0.1) is 6.04 Å². The van der Waals surface area contributed by atoms with Gasteiger partial charge in [0.15, 0.2) is 0 Å². The van der Waals surface area contributed by atoms with Crippen molar-refractivity contribution in [1.29, 1.82) is 0 Å². The van der Waals surface area contributed by atoms with E-state index in [-0.39, 0.29) is 36.8 Å². The molecular formula is C13H25Cl2N3O. The van der Waals surface area contributed by atoms with E-state index in [0.29, 0.717) is 6.04 Å². The van der Waals surface area contributed by atoms with Crippen LogP contribution >= 0.6 is 24.8 Å². The Hall–Kier alpha value is -0.0300. The molecule has 112 valence electrons. The van der Waals surface area contributed by atoms with Crippen LogP contribution in [0.4, 0.5) is 0 Å². The van der Waals surface area contributed by atoms with Crippen molar-refractivity contribution in [2.75, 3.05) is 19.6 Å². The molecule has 2 N–H and O–H groups in total. The van der Waals surface area contributed by atoms with Crippen LogP contribution in [-0.2, 0) is 4.79 Å². The second kappa shape index (κ2) is 7.67. The summed E-state index contributed by atoms with van der Waals surface area (Å²) in [5.41, 5.74) is 0. The highest BCUT2D eigenvalue weighted by molar-refractivity contribution is 5.85. The minimum atomic E-state index is 0. The van der Waals surface area contributed by atoms with Crippen molar-refractivity contribution in [3.8, 4) is 0 Å². The normalized spacial score (nSPS) is 31.2. The molecule has 1 saturated carbocycles. The van der Waals surface area contributed by atoms with E-state index in [0.717, 1.165) is 32.0 Å². The van der Waals surface area contributed by atoms with Crippen molar-refractivity contribution < 1.29 is 4.79 Å². The third-order valence-corrected chi connectivity index (χ3v) is 4.26. The Morgan fingerprint density at radius 1 is 1.11 bits per heavy atom. The van der Waals surface area contributed by atoms with Gasteiger partial charge in [0.25, 0.3) is 0 Å². The molecule has 2 atom stereocenters. The maximum absolute atomic E-state index is 12.1. The van der Waals surface area contributed by atoms with E-state index < -0.39 is 0 Å². The van der Waals surface area contributed by atoms with Crippen molar-refractivity contribution in [2.24, 2.45) is 0 Å². The van der Waals surface area contributed by atoms with Crippen molar-refractivity contribution in [3.63, 3.8) is 0 Å². The minimum absolute atomic E-state index is 0. The molecule has 2 heterocycles. The molecule has 1 aliphatic carbocycles. The van der Waals surface area contributed by atoms with E-state index in [2.05, 4.69) is 15.5 Å². The van der Waals surface area contributed by atoms with Gasteiger partial charge in [-0.05, 0) is 38.6 Å². The van der Waals surface area contributed by atoms with E-state index >= 15 is 0 Å². The molecule has 19 heavy (non-hydrogen) atoms. The van der Waals surface area contributed by atoms with Gasteiger partial charge in [-0.1, -0.05) is 6.42 Å². The molecule has 1 unspecified atom stereocenters. The number of amides is 1. The number of nitrogens with one attached hydrogen (secondary N) is 2. The monoisotopic (exact) mass is 309 g/mol. The van der Waals surface area contributed by atoms with Crippen LogP contribution in [0.5, 0.6) is 0 Å². The summed E-state index contributed by atoms with van der Waals surface area (Å²) in [5.74, 6) is 0.229. The van der Waals surface area contributed by atoms with Crippen LogP contribution in [-0.4, -0.2) is 48.6 Å². The Balaban J connectivity index is 0.000000902. The van der Waals surface area contributed by atoms with Crippen LogP contribution in [0.3, 0.4) is 0 Å². The summed E-state index contributed by atoms with van der Waals surface area (Å²) in [6.45, 7) is 3.24. The largest absolute Gasteiger partial charge is 0.351 e. The molecule has 3 fully saturated rings. The maximum atomic E-state index is 12.1. The number of halogens is 2. The summed E-state index contributed by atoms with van der Waals surface area (Å²) in [5, 5.41) is 6.53. The Labute approximate surface area is 127 Å². The molecule has 2 aliphatic heterocycles. The van der Waals surface area contributed by atoms with Crippen LogP contribution in [0.1, 0.15) is 38.5 Å². The fourth-order valence-corrected chi connectivity index (χ4v) is 3.05. The molecule has 0 bridgehead atoms. The Bertz CT molecular complexity index is 294. The van der Waals surface area contributed by atoms with Crippen LogP contribution in [0.15, 0.2) is 0 Å². The van der Waals surface area contributed by atoms with Gasteiger partial charge in [0, 0.05) is 25.2 Å². The standard InChI is InChI=1S/C13H23N3O.2ClH/c17-13(12-3-1-2-7-14-12)15-10-6-8-16(9-10)11-4-5-11;;/h10-12,14H,1-9H2,(H,15,17);2*1H/t10?,12-;;/m0../s1. The summed E-state index contributed by atoms with van der Waals surface area (Å²) < 4.78 is 0. The molecule has 0 aromatic rings. The number of hydrogen-bond donors (Lipinski definition) is 2. The number of nitrogens with zero attached hydrogens (tertiary/aromatic N) is 1. The average molecular weight is 310 g/mol. The van der Waals surface area contributed by atoms with Gasteiger partial charge < -0.3 is 10.6 Å². The van der Waals surface area contributed by atoms with Crippen molar-refractivity contribution in [2.45, 2.75) is 56.7 Å². The lowest BCUT2D eigenvalue weighted by Gasteiger charge is -2.24. The molecule has 4 nitrogen and oxygen atoms in total. The molecule has 1 amide bonds. The van der Waals surface area contributed by atoms with Gasteiger partial charge >= 0.3 is 0 Å². The van der Waals surface area contributed by atoms with Gasteiger partial charge in [0.1, 0.15) is 0 Å². The van der Waals surface area contributed by atoms with E-state index in [1.54, 1.807) is 0 Å². The zero-order valence-corrected chi connectivity index (χ0v) is 12.9. The van der Waals surface area contributed by atoms with Crippen molar-refractivity contribution in [3.05, 3.63) is 0 Å². The van der Waals surface area contributed by atoms with E-state index in [1.165, 1.54) is 32.2 Å². The topological polar surface area (TPSA) is 44.4 Å². The molecule has 3 aliphatic rings. The molecule has 0 spiro atoms. The number of carbonyl (C=O) groups excluding carboxylic acids is 1. The van der Waals surface area contributed by atoms with Crippen LogP contribution in [0, 0.1) is 0 Å². The van der Waals surface area contributed by atoms with E-state index in [1.807, 2.05) is 0 Å². The first kappa shape index (κ1) is 17.0. The highest BCUT2D eigenvalue weighted by Gasteiger charge is 2.35. The summed E-state index contributed by atoms with van der Waals surface area (Å²) in [7, 11) is 0. The Morgan fingerprint density at radius 2 is 1.89 bits per heavy atom. The first-order valence-corrected chi connectivity index (χ1v) is 7.11. The fraction of sp³-hybridized carbons (Fsp3) is 0.923. The summed E-state index contributed by atoms with van der Waals surface area (Å²) >= 11 is 0. The lowest BCUT2D eigenvalue weighted by atomic mass is 10.0. The van der Waals surface area contributed by atoms with Crippen molar-refractivity contribution in [1.82, 2.24) is 15.5 Å². The predicted octanol–water partition coefficient (Wildman–Crippen LogP) is 1.32.